The van der Waals surface area contributed by atoms with Crippen LogP contribution in [-0.2, 0) is 4.79 Å². The number of hydrogen-bond acceptors (Lipinski definition) is 3. The Morgan fingerprint density at radius 1 is 1.05 bits per heavy atom. The van der Waals surface area contributed by atoms with Crippen LogP contribution in [-0.4, -0.2) is 25.0 Å². The van der Waals surface area contributed by atoms with E-state index in [0.717, 1.165) is 29.3 Å². The van der Waals surface area contributed by atoms with Crippen molar-refractivity contribution in [2.24, 2.45) is 0 Å². The number of urea groups is 1. The molecule has 0 spiro atoms. The number of anilines is 1. The molecule has 0 saturated carbocycles. The highest BCUT2D eigenvalue weighted by atomic mass is 16.2. The number of amides is 3. The highest BCUT2D eigenvalue weighted by Gasteiger charge is 2.07. The van der Waals surface area contributed by atoms with Gasteiger partial charge in [-0.25, -0.2) is 4.79 Å². The Labute approximate surface area is 130 Å². The molecule has 0 aliphatic rings. The van der Waals surface area contributed by atoms with Crippen molar-refractivity contribution < 1.29 is 9.59 Å². The van der Waals surface area contributed by atoms with E-state index < -0.39 is 6.03 Å². The molecular weight excluding hydrogens is 278 g/mol. The zero-order valence-electron chi connectivity index (χ0n) is 12.7. The van der Waals surface area contributed by atoms with E-state index in [4.69, 9.17) is 0 Å². The summed E-state index contributed by atoms with van der Waals surface area (Å²) in [5.41, 5.74) is 0.875. The minimum absolute atomic E-state index is 0.0508. The molecule has 0 radical (unpaired) electrons. The number of fused-ring (bicyclic) bond motifs is 1. The van der Waals surface area contributed by atoms with Gasteiger partial charge in [-0.3, -0.25) is 10.1 Å². The number of rotatable bonds is 6. The fourth-order valence-electron chi connectivity index (χ4n) is 2.15. The van der Waals surface area contributed by atoms with Gasteiger partial charge in [0.25, 0.3) is 0 Å². The SMILES string of the molecule is CCCCNC(=O)NC(=O)CNc1cccc2ccccc12. The number of carbonyl (C=O) groups is 2. The zero-order chi connectivity index (χ0) is 15.8. The molecule has 2 aromatic carbocycles. The van der Waals surface area contributed by atoms with Crippen LogP contribution in [0.5, 0.6) is 0 Å². The maximum absolute atomic E-state index is 11.8. The first-order valence-electron chi connectivity index (χ1n) is 7.50. The van der Waals surface area contributed by atoms with E-state index in [2.05, 4.69) is 16.0 Å². The molecule has 0 unspecified atom stereocenters. The Morgan fingerprint density at radius 2 is 1.82 bits per heavy atom. The van der Waals surface area contributed by atoms with Gasteiger partial charge >= 0.3 is 6.03 Å². The quantitative estimate of drug-likeness (QED) is 0.718. The summed E-state index contributed by atoms with van der Waals surface area (Å²) >= 11 is 0. The van der Waals surface area contributed by atoms with Crippen LogP contribution >= 0.6 is 0 Å². The molecule has 3 N–H and O–H groups in total. The summed E-state index contributed by atoms with van der Waals surface area (Å²) in [6, 6.07) is 13.3. The molecule has 0 bridgehead atoms. The van der Waals surface area contributed by atoms with Crippen LogP contribution in [0.15, 0.2) is 42.5 Å². The van der Waals surface area contributed by atoms with Gasteiger partial charge in [-0.2, -0.15) is 0 Å². The molecule has 0 aliphatic heterocycles. The molecule has 0 fully saturated rings. The molecule has 0 atom stereocenters. The fourth-order valence-corrected chi connectivity index (χ4v) is 2.15. The van der Waals surface area contributed by atoms with Crippen LogP contribution in [0.1, 0.15) is 19.8 Å². The molecule has 0 saturated heterocycles. The van der Waals surface area contributed by atoms with Crippen molar-refractivity contribution in [2.45, 2.75) is 19.8 Å². The molecule has 5 heteroatoms. The maximum atomic E-state index is 11.8. The molecule has 22 heavy (non-hydrogen) atoms. The number of benzene rings is 2. The van der Waals surface area contributed by atoms with Crippen LogP contribution in [0.4, 0.5) is 10.5 Å². The van der Waals surface area contributed by atoms with Gasteiger partial charge in [0.1, 0.15) is 0 Å². The van der Waals surface area contributed by atoms with E-state index >= 15 is 0 Å². The van der Waals surface area contributed by atoms with Gasteiger partial charge in [0.15, 0.2) is 0 Å². The predicted octanol–water partition coefficient (Wildman–Crippen LogP) is 2.88. The van der Waals surface area contributed by atoms with Crippen molar-refractivity contribution in [1.82, 2.24) is 10.6 Å². The van der Waals surface area contributed by atoms with Crippen LogP contribution < -0.4 is 16.0 Å². The molecule has 3 amide bonds. The van der Waals surface area contributed by atoms with Gasteiger partial charge in [-0.05, 0) is 17.9 Å². The number of carbonyl (C=O) groups excluding carboxylic acids is 2. The summed E-state index contributed by atoms with van der Waals surface area (Å²) in [7, 11) is 0. The van der Waals surface area contributed by atoms with Gasteiger partial charge in [0.2, 0.25) is 5.91 Å². The van der Waals surface area contributed by atoms with Crippen molar-refractivity contribution in [1.29, 1.82) is 0 Å². The summed E-state index contributed by atoms with van der Waals surface area (Å²) in [4.78, 5) is 23.2. The van der Waals surface area contributed by atoms with E-state index in [-0.39, 0.29) is 12.5 Å². The second-order valence-electron chi connectivity index (χ2n) is 5.04. The summed E-state index contributed by atoms with van der Waals surface area (Å²) in [6.45, 7) is 2.67. The topological polar surface area (TPSA) is 70.2 Å². The standard InChI is InChI=1S/C17H21N3O2/c1-2-3-11-18-17(22)20-16(21)12-19-15-10-6-8-13-7-4-5-9-14(13)15/h4-10,19H,2-3,11-12H2,1H3,(H2,18,20,21,22). The first kappa shape index (κ1) is 15.8. The van der Waals surface area contributed by atoms with Gasteiger partial charge in [0, 0.05) is 17.6 Å². The number of imide groups is 1. The minimum Gasteiger partial charge on any atom is -0.376 e. The lowest BCUT2D eigenvalue weighted by molar-refractivity contribution is -0.118. The molecule has 0 aliphatic carbocycles. The van der Waals surface area contributed by atoms with E-state index in [1.165, 1.54) is 0 Å². The zero-order valence-corrected chi connectivity index (χ0v) is 12.7. The van der Waals surface area contributed by atoms with Crippen molar-refractivity contribution in [2.75, 3.05) is 18.4 Å². The maximum Gasteiger partial charge on any atom is 0.321 e. The van der Waals surface area contributed by atoms with E-state index in [9.17, 15) is 9.59 Å². The van der Waals surface area contributed by atoms with Crippen molar-refractivity contribution in [3.05, 3.63) is 42.5 Å². The predicted molar refractivity (Wildman–Crippen MR) is 88.9 cm³/mol. The number of unbranched alkanes of at least 4 members (excludes halogenated alkanes) is 1. The van der Waals surface area contributed by atoms with E-state index in [1.807, 2.05) is 49.4 Å². The summed E-state index contributed by atoms with van der Waals surface area (Å²) in [5.74, 6) is -0.359. The average Bonchev–Trinajstić information content (AvgIpc) is 2.53. The summed E-state index contributed by atoms with van der Waals surface area (Å²) in [5, 5.41) is 10.2. The monoisotopic (exact) mass is 299 g/mol. The summed E-state index contributed by atoms with van der Waals surface area (Å²) in [6.07, 6.45) is 1.90. The smallest absolute Gasteiger partial charge is 0.321 e. The minimum atomic E-state index is -0.446. The highest BCUT2D eigenvalue weighted by Crippen LogP contribution is 2.22. The highest BCUT2D eigenvalue weighted by molar-refractivity contribution is 5.98. The normalized spacial score (nSPS) is 10.2. The molecule has 116 valence electrons. The second-order valence-corrected chi connectivity index (χ2v) is 5.04. The van der Waals surface area contributed by atoms with E-state index in [0.29, 0.717) is 6.54 Å². The molecule has 2 aromatic rings. The molecule has 2 rings (SSSR count). The fraction of sp³-hybridized carbons (Fsp3) is 0.294. The first-order valence-corrected chi connectivity index (χ1v) is 7.50. The van der Waals surface area contributed by atoms with Crippen LogP contribution in [0.2, 0.25) is 0 Å². The Bertz CT molecular complexity index is 650. The molecular formula is C17H21N3O2. The third-order valence-electron chi connectivity index (χ3n) is 3.30. The largest absolute Gasteiger partial charge is 0.376 e. The lowest BCUT2D eigenvalue weighted by Crippen LogP contribution is -2.42. The Kier molecular flexibility index (Phi) is 5.77. The molecule has 0 heterocycles. The number of hydrogen-bond donors (Lipinski definition) is 3. The summed E-state index contributed by atoms with van der Waals surface area (Å²) < 4.78 is 0. The van der Waals surface area contributed by atoms with Crippen LogP contribution in [0.3, 0.4) is 0 Å². The van der Waals surface area contributed by atoms with Gasteiger partial charge < -0.3 is 10.6 Å². The van der Waals surface area contributed by atoms with Crippen molar-refractivity contribution >= 4 is 28.4 Å². The molecule has 0 aromatic heterocycles. The van der Waals surface area contributed by atoms with Gasteiger partial charge in [-0.1, -0.05) is 49.7 Å². The van der Waals surface area contributed by atoms with Crippen molar-refractivity contribution in [3.8, 4) is 0 Å². The Balaban J connectivity index is 1.86. The Morgan fingerprint density at radius 3 is 2.64 bits per heavy atom. The first-order chi connectivity index (χ1) is 10.7. The second kappa shape index (κ2) is 8.02. The molecule has 5 nitrogen and oxygen atoms in total. The van der Waals surface area contributed by atoms with Gasteiger partial charge in [0.05, 0.1) is 6.54 Å². The Hall–Kier alpha value is -2.56. The average molecular weight is 299 g/mol. The lowest BCUT2D eigenvalue weighted by Gasteiger charge is -2.10. The van der Waals surface area contributed by atoms with Crippen LogP contribution in [0.25, 0.3) is 10.8 Å². The third kappa shape index (κ3) is 4.48. The van der Waals surface area contributed by atoms with Crippen molar-refractivity contribution in [3.63, 3.8) is 0 Å². The van der Waals surface area contributed by atoms with Crippen LogP contribution in [0, 0.1) is 0 Å². The lowest BCUT2D eigenvalue weighted by atomic mass is 10.1. The number of nitrogens with one attached hydrogen (secondary N) is 3. The third-order valence-corrected chi connectivity index (χ3v) is 3.30. The van der Waals surface area contributed by atoms with E-state index in [1.54, 1.807) is 0 Å². The van der Waals surface area contributed by atoms with Gasteiger partial charge in [-0.15, -0.1) is 0 Å².